The number of hydrogen-bond acceptors (Lipinski definition) is 4. The molecule has 5 nitrogen and oxygen atoms in total. The molecule has 0 aromatic heterocycles. The first-order chi connectivity index (χ1) is 10.7. The van der Waals surface area contributed by atoms with E-state index in [1.807, 2.05) is 0 Å². The van der Waals surface area contributed by atoms with Crippen LogP contribution in [0, 0.1) is 0 Å². The average Bonchev–Trinajstić information content (AvgIpc) is 3.04. The predicted octanol–water partition coefficient (Wildman–Crippen LogP) is 2.17. The lowest BCUT2D eigenvalue weighted by atomic mass is 9.96. The summed E-state index contributed by atoms with van der Waals surface area (Å²) in [6.07, 6.45) is 2.35. The Labute approximate surface area is 162 Å². The minimum atomic E-state index is 0. The quantitative estimate of drug-likeness (QED) is 0.365. The highest BCUT2D eigenvalue weighted by molar-refractivity contribution is 14.0. The number of thioether (sulfide) groups is 1. The second kappa shape index (κ2) is 11.0. The third-order valence-corrected chi connectivity index (χ3v) is 5.87. The van der Waals surface area contributed by atoms with E-state index < -0.39 is 0 Å². The van der Waals surface area contributed by atoms with E-state index in [1.54, 1.807) is 0 Å². The topological polar surface area (TPSA) is 48.9 Å². The summed E-state index contributed by atoms with van der Waals surface area (Å²) >= 11 is 2.07. The summed E-state index contributed by atoms with van der Waals surface area (Å²) in [7, 11) is 0. The zero-order valence-electron chi connectivity index (χ0n) is 14.8. The highest BCUT2D eigenvalue weighted by Crippen LogP contribution is 2.34. The first kappa shape index (κ1) is 21.3. The summed E-state index contributed by atoms with van der Waals surface area (Å²) in [5.74, 6) is 3.41. The van der Waals surface area contributed by atoms with Crippen LogP contribution in [0.2, 0.25) is 0 Å². The maximum absolute atomic E-state index is 5.53. The van der Waals surface area contributed by atoms with Gasteiger partial charge in [0, 0.05) is 31.4 Å². The van der Waals surface area contributed by atoms with Gasteiger partial charge in [-0.15, -0.1) is 24.0 Å². The van der Waals surface area contributed by atoms with Gasteiger partial charge in [-0.25, -0.2) is 0 Å². The van der Waals surface area contributed by atoms with E-state index in [-0.39, 0.29) is 29.5 Å². The van der Waals surface area contributed by atoms with E-state index >= 15 is 0 Å². The van der Waals surface area contributed by atoms with Crippen LogP contribution >= 0.6 is 35.7 Å². The first-order valence-electron chi connectivity index (χ1n) is 8.65. The van der Waals surface area contributed by atoms with E-state index in [0.29, 0.717) is 6.04 Å². The van der Waals surface area contributed by atoms with Crippen LogP contribution in [0.1, 0.15) is 33.6 Å². The molecule has 2 saturated heterocycles. The van der Waals surface area contributed by atoms with Crippen LogP contribution < -0.4 is 10.6 Å². The number of ether oxygens (including phenoxy) is 1. The van der Waals surface area contributed by atoms with Crippen LogP contribution in [-0.2, 0) is 4.74 Å². The number of guanidine groups is 1. The minimum absolute atomic E-state index is 0. The fraction of sp³-hybridized carbons (Fsp3) is 0.938. The third kappa shape index (κ3) is 6.25. The number of hydrogen-bond donors (Lipinski definition) is 2. The molecule has 0 bridgehead atoms. The monoisotopic (exact) mass is 456 g/mol. The Morgan fingerprint density at radius 2 is 2.09 bits per heavy atom. The van der Waals surface area contributed by atoms with Crippen molar-refractivity contribution < 1.29 is 4.74 Å². The van der Waals surface area contributed by atoms with Crippen molar-refractivity contribution in [3.05, 3.63) is 0 Å². The summed E-state index contributed by atoms with van der Waals surface area (Å²) in [5.41, 5.74) is 0.228. The van der Waals surface area contributed by atoms with Crippen LogP contribution in [0.25, 0.3) is 0 Å². The van der Waals surface area contributed by atoms with Crippen LogP contribution in [0.4, 0.5) is 0 Å². The fourth-order valence-electron chi connectivity index (χ4n) is 2.99. The van der Waals surface area contributed by atoms with Gasteiger partial charge in [0.1, 0.15) is 0 Å². The molecule has 2 fully saturated rings. The molecule has 7 heteroatoms. The Hall–Kier alpha value is 0.270. The molecule has 2 rings (SSSR count). The number of rotatable bonds is 6. The largest absolute Gasteiger partial charge is 0.379 e. The van der Waals surface area contributed by atoms with Crippen LogP contribution in [0.3, 0.4) is 0 Å². The van der Waals surface area contributed by atoms with Gasteiger partial charge in [0.05, 0.1) is 25.3 Å². The van der Waals surface area contributed by atoms with Crippen molar-refractivity contribution in [3.63, 3.8) is 0 Å². The van der Waals surface area contributed by atoms with E-state index in [1.165, 1.54) is 17.9 Å². The standard InChI is InChI=1S/C16H32N4OS.HI/c1-4-14(3)19-15(17-5-2)18-12-16(6-11-22-13-16)20-7-9-21-10-8-20;/h14H,4-13H2,1-3H3,(H2,17,18,19);1H. The van der Waals surface area contributed by atoms with Crippen LogP contribution in [-0.4, -0.2) is 73.3 Å². The molecule has 0 aromatic rings. The lowest BCUT2D eigenvalue weighted by Crippen LogP contribution is -2.56. The SMILES string of the molecule is CCNC(=NCC1(N2CCOCC2)CCSC1)NC(C)CC.I. The normalized spacial score (nSPS) is 27.3. The van der Waals surface area contributed by atoms with E-state index in [4.69, 9.17) is 9.73 Å². The van der Waals surface area contributed by atoms with Gasteiger partial charge in [-0.1, -0.05) is 6.92 Å². The maximum Gasteiger partial charge on any atom is 0.191 e. The fourth-order valence-corrected chi connectivity index (χ4v) is 4.46. The number of morpholine rings is 1. The molecule has 0 aliphatic carbocycles. The minimum Gasteiger partial charge on any atom is -0.379 e. The zero-order valence-corrected chi connectivity index (χ0v) is 17.9. The van der Waals surface area contributed by atoms with Crippen molar-refractivity contribution in [3.8, 4) is 0 Å². The Bertz CT molecular complexity index is 358. The molecule has 0 saturated carbocycles. The van der Waals surface area contributed by atoms with E-state index in [2.05, 4.69) is 48.1 Å². The molecule has 0 aromatic carbocycles. The van der Waals surface area contributed by atoms with Gasteiger partial charge in [-0.2, -0.15) is 11.8 Å². The maximum atomic E-state index is 5.53. The molecule has 0 spiro atoms. The van der Waals surface area contributed by atoms with Crippen LogP contribution in [0.5, 0.6) is 0 Å². The Balaban J connectivity index is 0.00000264. The number of nitrogens with zero attached hydrogens (tertiary/aromatic N) is 2. The highest BCUT2D eigenvalue weighted by atomic mass is 127. The number of halogens is 1. The summed E-state index contributed by atoms with van der Waals surface area (Å²) in [6.45, 7) is 12.1. The van der Waals surface area contributed by atoms with Crippen molar-refractivity contribution in [1.29, 1.82) is 0 Å². The Kier molecular flexibility index (Phi) is 10.2. The van der Waals surface area contributed by atoms with Gasteiger partial charge in [-0.3, -0.25) is 9.89 Å². The van der Waals surface area contributed by atoms with Gasteiger partial charge in [0.15, 0.2) is 5.96 Å². The summed E-state index contributed by atoms with van der Waals surface area (Å²) < 4.78 is 5.53. The third-order valence-electron chi connectivity index (χ3n) is 4.64. The molecule has 2 heterocycles. The molecule has 0 radical (unpaired) electrons. The second-order valence-corrected chi connectivity index (χ2v) is 7.38. The summed E-state index contributed by atoms with van der Waals surface area (Å²) in [4.78, 5) is 7.55. The molecule has 2 unspecified atom stereocenters. The smallest absolute Gasteiger partial charge is 0.191 e. The lowest BCUT2D eigenvalue weighted by Gasteiger charge is -2.42. The molecule has 2 aliphatic heterocycles. The second-order valence-electron chi connectivity index (χ2n) is 6.28. The predicted molar refractivity (Wildman–Crippen MR) is 111 cm³/mol. The number of nitrogens with one attached hydrogen (secondary N) is 2. The summed E-state index contributed by atoms with van der Waals surface area (Å²) in [6, 6.07) is 0.454. The van der Waals surface area contributed by atoms with Gasteiger partial charge in [-0.05, 0) is 32.4 Å². The van der Waals surface area contributed by atoms with Gasteiger partial charge in [0.2, 0.25) is 0 Å². The zero-order chi connectivity index (χ0) is 15.8. The van der Waals surface area contributed by atoms with E-state index in [9.17, 15) is 0 Å². The molecule has 2 atom stereocenters. The van der Waals surface area contributed by atoms with Gasteiger partial charge < -0.3 is 15.4 Å². The highest BCUT2D eigenvalue weighted by Gasteiger charge is 2.40. The molecule has 2 N–H and O–H groups in total. The van der Waals surface area contributed by atoms with Gasteiger partial charge in [0.25, 0.3) is 0 Å². The van der Waals surface area contributed by atoms with Crippen molar-refractivity contribution in [2.24, 2.45) is 4.99 Å². The molecule has 23 heavy (non-hydrogen) atoms. The Morgan fingerprint density at radius 1 is 1.35 bits per heavy atom. The average molecular weight is 456 g/mol. The lowest BCUT2D eigenvalue weighted by molar-refractivity contribution is -0.0104. The van der Waals surface area contributed by atoms with Crippen molar-refractivity contribution in [1.82, 2.24) is 15.5 Å². The molecule has 136 valence electrons. The van der Waals surface area contributed by atoms with Gasteiger partial charge >= 0.3 is 0 Å². The molecule has 2 aliphatic rings. The molecular formula is C16H33IN4OS. The number of aliphatic imine (C=N–C) groups is 1. The first-order valence-corrected chi connectivity index (χ1v) is 9.81. The van der Waals surface area contributed by atoms with Crippen molar-refractivity contribution in [2.45, 2.75) is 45.2 Å². The summed E-state index contributed by atoms with van der Waals surface area (Å²) in [5, 5.41) is 6.88. The van der Waals surface area contributed by atoms with Crippen molar-refractivity contribution >= 4 is 41.7 Å². The van der Waals surface area contributed by atoms with Crippen LogP contribution in [0.15, 0.2) is 4.99 Å². The van der Waals surface area contributed by atoms with Crippen molar-refractivity contribution in [2.75, 3.05) is 50.9 Å². The van der Waals surface area contributed by atoms with E-state index in [0.717, 1.165) is 51.8 Å². The molecule has 0 amide bonds. The Morgan fingerprint density at radius 3 is 2.65 bits per heavy atom. The molecular weight excluding hydrogens is 423 g/mol.